The summed E-state index contributed by atoms with van der Waals surface area (Å²) in [6.45, 7) is 4.71. The fourth-order valence-corrected chi connectivity index (χ4v) is 8.36. The van der Waals surface area contributed by atoms with Crippen LogP contribution in [0.15, 0.2) is 168 Å². The third kappa shape index (κ3) is 4.07. The maximum Gasteiger partial charge on any atom is 0.138 e. The van der Waals surface area contributed by atoms with E-state index in [1.807, 2.05) is 0 Å². The molecule has 0 atom stereocenters. The number of para-hydroxylation sites is 1. The summed E-state index contributed by atoms with van der Waals surface area (Å²) in [6, 6.07) is 59.5. The SMILES string of the molecule is CC1(C)c2ccccc2-c2c(N(c3cccc(-c4cccc5ccccc45)c3)c3c4ccccc4cc4oc5ccccc5c34)cccc21. The van der Waals surface area contributed by atoms with Crippen LogP contribution >= 0.6 is 0 Å². The molecular weight excluding hydrogens is 595 g/mol. The van der Waals surface area contributed by atoms with Crippen molar-refractivity contribution in [3.63, 3.8) is 0 Å². The van der Waals surface area contributed by atoms with Gasteiger partial charge in [0.25, 0.3) is 0 Å². The number of hydrogen-bond acceptors (Lipinski definition) is 2. The summed E-state index contributed by atoms with van der Waals surface area (Å²) >= 11 is 0. The maximum absolute atomic E-state index is 6.62. The van der Waals surface area contributed by atoms with Gasteiger partial charge >= 0.3 is 0 Å². The van der Waals surface area contributed by atoms with Gasteiger partial charge in [0.2, 0.25) is 0 Å². The van der Waals surface area contributed by atoms with Gasteiger partial charge in [0.1, 0.15) is 11.2 Å². The van der Waals surface area contributed by atoms with Crippen molar-refractivity contribution in [3.8, 4) is 22.3 Å². The zero-order valence-corrected chi connectivity index (χ0v) is 27.4. The Morgan fingerprint density at radius 3 is 2.04 bits per heavy atom. The van der Waals surface area contributed by atoms with Gasteiger partial charge in [-0.3, -0.25) is 0 Å². The molecule has 1 aromatic heterocycles. The molecule has 1 heterocycles. The van der Waals surface area contributed by atoms with Crippen LogP contribution in [0.1, 0.15) is 25.0 Å². The van der Waals surface area contributed by atoms with Crippen molar-refractivity contribution in [2.45, 2.75) is 19.3 Å². The second kappa shape index (κ2) is 10.4. The summed E-state index contributed by atoms with van der Waals surface area (Å²) in [4.78, 5) is 2.51. The summed E-state index contributed by atoms with van der Waals surface area (Å²) in [5.74, 6) is 0. The minimum Gasteiger partial charge on any atom is -0.456 e. The molecule has 1 aliphatic carbocycles. The Bertz CT molecular complexity index is 2760. The van der Waals surface area contributed by atoms with Crippen LogP contribution in [0.5, 0.6) is 0 Å². The Hall–Kier alpha value is -6.12. The van der Waals surface area contributed by atoms with E-state index in [1.165, 1.54) is 49.5 Å². The van der Waals surface area contributed by atoms with Gasteiger partial charge < -0.3 is 9.32 Å². The van der Waals surface area contributed by atoms with Crippen molar-refractivity contribution in [3.05, 3.63) is 175 Å². The lowest BCUT2D eigenvalue weighted by Crippen LogP contribution is -2.16. The first-order chi connectivity index (χ1) is 24.1. The van der Waals surface area contributed by atoms with Crippen molar-refractivity contribution in [2.24, 2.45) is 0 Å². The molecule has 8 aromatic carbocycles. The highest BCUT2D eigenvalue weighted by molar-refractivity contribution is 6.22. The van der Waals surface area contributed by atoms with Gasteiger partial charge in [0, 0.05) is 27.4 Å². The highest BCUT2D eigenvalue weighted by Crippen LogP contribution is 2.56. The van der Waals surface area contributed by atoms with Gasteiger partial charge in [0.05, 0.1) is 16.8 Å². The maximum atomic E-state index is 6.62. The number of hydrogen-bond donors (Lipinski definition) is 0. The molecule has 2 nitrogen and oxygen atoms in total. The number of furan rings is 1. The second-order valence-corrected chi connectivity index (χ2v) is 13.7. The van der Waals surface area contributed by atoms with Gasteiger partial charge in [-0.25, -0.2) is 0 Å². The molecule has 9 aromatic rings. The minimum atomic E-state index is -0.130. The zero-order chi connectivity index (χ0) is 32.7. The van der Waals surface area contributed by atoms with Crippen LogP contribution in [0.25, 0.3) is 65.7 Å². The van der Waals surface area contributed by atoms with Gasteiger partial charge in [-0.05, 0) is 74.3 Å². The van der Waals surface area contributed by atoms with Gasteiger partial charge in [-0.1, -0.05) is 147 Å². The Kier molecular flexibility index (Phi) is 5.95. The number of anilines is 3. The average Bonchev–Trinajstić information content (AvgIpc) is 3.63. The van der Waals surface area contributed by atoms with Crippen LogP contribution in [0.4, 0.5) is 17.1 Å². The van der Waals surface area contributed by atoms with E-state index >= 15 is 0 Å². The fourth-order valence-electron chi connectivity index (χ4n) is 8.36. The van der Waals surface area contributed by atoms with Crippen LogP contribution in [0.3, 0.4) is 0 Å². The summed E-state index contributed by atoms with van der Waals surface area (Å²) in [5, 5.41) is 7.04. The van der Waals surface area contributed by atoms with Crippen molar-refractivity contribution in [1.29, 1.82) is 0 Å². The van der Waals surface area contributed by atoms with E-state index in [0.29, 0.717) is 0 Å². The molecule has 0 amide bonds. The first kappa shape index (κ1) is 27.9. The topological polar surface area (TPSA) is 16.4 Å². The average molecular weight is 628 g/mol. The molecular formula is C47H33NO. The van der Waals surface area contributed by atoms with Crippen LogP contribution < -0.4 is 4.90 Å². The van der Waals surface area contributed by atoms with E-state index in [4.69, 9.17) is 4.42 Å². The highest BCUT2D eigenvalue weighted by atomic mass is 16.3. The molecule has 1 aliphatic rings. The molecule has 0 saturated heterocycles. The Balaban J connectivity index is 1.35. The lowest BCUT2D eigenvalue weighted by Gasteiger charge is -2.31. The Morgan fingerprint density at radius 1 is 0.490 bits per heavy atom. The number of rotatable bonds is 4. The second-order valence-electron chi connectivity index (χ2n) is 13.7. The predicted molar refractivity (Wildman–Crippen MR) is 206 cm³/mol. The lowest BCUT2D eigenvalue weighted by atomic mass is 9.82. The van der Waals surface area contributed by atoms with Crippen LogP contribution in [0, 0.1) is 0 Å². The van der Waals surface area contributed by atoms with Crippen molar-refractivity contribution >= 4 is 60.5 Å². The number of fused-ring (bicyclic) bond motifs is 8. The molecule has 0 N–H and O–H groups in total. The van der Waals surface area contributed by atoms with Crippen LogP contribution in [-0.4, -0.2) is 0 Å². The van der Waals surface area contributed by atoms with Crippen molar-refractivity contribution < 1.29 is 4.42 Å². The van der Waals surface area contributed by atoms with E-state index < -0.39 is 0 Å². The van der Waals surface area contributed by atoms with Gasteiger partial charge in [-0.2, -0.15) is 0 Å². The summed E-state index contributed by atoms with van der Waals surface area (Å²) in [5.41, 5.74) is 12.7. The summed E-state index contributed by atoms with van der Waals surface area (Å²) < 4.78 is 6.62. The third-order valence-electron chi connectivity index (χ3n) is 10.6. The minimum absolute atomic E-state index is 0.130. The van der Waals surface area contributed by atoms with E-state index in [0.717, 1.165) is 44.4 Å². The zero-order valence-electron chi connectivity index (χ0n) is 27.4. The smallest absolute Gasteiger partial charge is 0.138 e. The predicted octanol–water partition coefficient (Wildman–Crippen LogP) is 13.3. The molecule has 0 bridgehead atoms. The number of nitrogens with zero attached hydrogens (tertiary/aromatic N) is 1. The standard InChI is InChI=1S/C47H33NO/c1-47(2)39-24-9-7-21-37(39)44-40(47)25-13-26-41(44)48(33-18-11-17-31(28-33)35-23-12-16-30-14-3-5-19-34(30)35)46-36-20-6-4-15-32(36)29-43-45(46)38-22-8-10-27-42(38)49-43/h3-29H,1-2H3. The molecule has 49 heavy (non-hydrogen) atoms. The molecule has 0 fully saturated rings. The largest absolute Gasteiger partial charge is 0.456 e. The monoisotopic (exact) mass is 627 g/mol. The van der Waals surface area contributed by atoms with E-state index in [2.05, 4.69) is 183 Å². The number of benzene rings is 8. The quantitative estimate of drug-likeness (QED) is 0.193. The van der Waals surface area contributed by atoms with Crippen molar-refractivity contribution in [2.75, 3.05) is 4.90 Å². The summed E-state index contributed by atoms with van der Waals surface area (Å²) in [6.07, 6.45) is 0. The molecule has 0 radical (unpaired) electrons. The molecule has 0 aliphatic heterocycles. The molecule has 0 saturated carbocycles. The normalized spacial score (nSPS) is 13.3. The first-order valence-electron chi connectivity index (χ1n) is 17.0. The summed E-state index contributed by atoms with van der Waals surface area (Å²) in [7, 11) is 0. The molecule has 0 spiro atoms. The third-order valence-corrected chi connectivity index (χ3v) is 10.6. The first-order valence-corrected chi connectivity index (χ1v) is 17.0. The van der Waals surface area contributed by atoms with Gasteiger partial charge in [-0.15, -0.1) is 0 Å². The fraction of sp³-hybridized carbons (Fsp3) is 0.0638. The molecule has 10 rings (SSSR count). The molecule has 232 valence electrons. The van der Waals surface area contributed by atoms with Crippen LogP contribution in [0.2, 0.25) is 0 Å². The highest BCUT2D eigenvalue weighted by Gasteiger charge is 2.38. The van der Waals surface area contributed by atoms with E-state index in [1.54, 1.807) is 0 Å². The Labute approximate surface area is 285 Å². The van der Waals surface area contributed by atoms with E-state index in [-0.39, 0.29) is 5.41 Å². The van der Waals surface area contributed by atoms with E-state index in [9.17, 15) is 0 Å². The lowest BCUT2D eigenvalue weighted by molar-refractivity contribution is 0.660. The molecule has 2 heteroatoms. The van der Waals surface area contributed by atoms with Gasteiger partial charge in [0.15, 0.2) is 0 Å². The van der Waals surface area contributed by atoms with Crippen LogP contribution in [-0.2, 0) is 5.41 Å². The van der Waals surface area contributed by atoms with Crippen molar-refractivity contribution in [1.82, 2.24) is 0 Å². The molecule has 0 unspecified atom stereocenters. The Morgan fingerprint density at radius 2 is 1.14 bits per heavy atom.